The van der Waals surface area contributed by atoms with Gasteiger partial charge in [0, 0.05) is 18.0 Å². The molecule has 0 radical (unpaired) electrons. The Morgan fingerprint density at radius 2 is 1.86 bits per heavy atom. The third-order valence-corrected chi connectivity index (χ3v) is 5.56. The molecule has 0 unspecified atom stereocenters. The Balaban J connectivity index is 1.54. The zero-order chi connectivity index (χ0) is 20.6. The van der Waals surface area contributed by atoms with Crippen LogP contribution in [0.3, 0.4) is 0 Å². The fraction of sp³-hybridized carbons (Fsp3) is 0.565. The molecule has 158 valence electrons. The van der Waals surface area contributed by atoms with Crippen LogP contribution in [0.15, 0.2) is 22.6 Å². The summed E-state index contributed by atoms with van der Waals surface area (Å²) in [6.45, 7) is 1.91. The second kappa shape index (κ2) is 10.3. The molecule has 1 aliphatic rings. The highest BCUT2D eigenvalue weighted by Gasteiger charge is 2.16. The number of methoxy groups -OCH3 is 2. The smallest absolute Gasteiger partial charge is 0.226 e. The van der Waals surface area contributed by atoms with E-state index in [2.05, 4.69) is 10.3 Å². The molecule has 6 heteroatoms. The Bertz CT molecular complexity index is 807. The number of oxazole rings is 1. The maximum Gasteiger partial charge on any atom is 0.226 e. The third kappa shape index (κ3) is 5.75. The Kier molecular flexibility index (Phi) is 7.55. The van der Waals surface area contributed by atoms with Crippen molar-refractivity contribution in [1.29, 1.82) is 0 Å². The summed E-state index contributed by atoms with van der Waals surface area (Å²) in [7, 11) is 3.21. The first-order valence-corrected chi connectivity index (χ1v) is 10.6. The number of nitrogens with zero attached hydrogens (tertiary/aromatic N) is 1. The lowest BCUT2D eigenvalue weighted by atomic mass is 10.1. The van der Waals surface area contributed by atoms with Crippen molar-refractivity contribution >= 4 is 5.91 Å². The molecular formula is C23H32N2O4. The normalized spacial score (nSPS) is 15.0. The highest BCUT2D eigenvalue weighted by molar-refractivity contribution is 5.76. The summed E-state index contributed by atoms with van der Waals surface area (Å²) < 4.78 is 16.5. The number of benzene rings is 1. The molecule has 1 saturated carbocycles. The van der Waals surface area contributed by atoms with Crippen LogP contribution in [0.25, 0.3) is 11.5 Å². The molecule has 1 aliphatic carbocycles. The van der Waals surface area contributed by atoms with Crippen LogP contribution in [0, 0.1) is 6.92 Å². The summed E-state index contributed by atoms with van der Waals surface area (Å²) in [5, 5.41) is 3.21. The number of rotatable bonds is 8. The van der Waals surface area contributed by atoms with Crippen molar-refractivity contribution in [2.75, 3.05) is 14.2 Å². The topological polar surface area (TPSA) is 73.6 Å². The summed E-state index contributed by atoms with van der Waals surface area (Å²) in [5.41, 5.74) is 1.74. The van der Waals surface area contributed by atoms with E-state index < -0.39 is 0 Å². The molecule has 2 aromatic rings. The van der Waals surface area contributed by atoms with Crippen LogP contribution < -0.4 is 14.8 Å². The monoisotopic (exact) mass is 400 g/mol. The van der Waals surface area contributed by atoms with Crippen LogP contribution in [0.5, 0.6) is 11.5 Å². The predicted molar refractivity (Wildman–Crippen MR) is 112 cm³/mol. The second-order valence-electron chi connectivity index (χ2n) is 7.70. The van der Waals surface area contributed by atoms with Crippen LogP contribution in [-0.4, -0.2) is 31.2 Å². The van der Waals surface area contributed by atoms with E-state index in [1.807, 2.05) is 25.1 Å². The van der Waals surface area contributed by atoms with Gasteiger partial charge in [-0.1, -0.05) is 25.7 Å². The number of nitrogens with one attached hydrogen (secondary N) is 1. The number of ether oxygens (including phenoxy) is 2. The highest BCUT2D eigenvalue weighted by Crippen LogP contribution is 2.32. The molecule has 1 aromatic heterocycles. The first kappa shape index (κ1) is 21.2. The molecule has 6 nitrogen and oxygen atoms in total. The Labute approximate surface area is 173 Å². The molecule has 0 spiro atoms. The van der Waals surface area contributed by atoms with Crippen LogP contribution in [0.2, 0.25) is 0 Å². The zero-order valence-corrected chi connectivity index (χ0v) is 17.8. The Morgan fingerprint density at radius 3 is 2.55 bits per heavy atom. The van der Waals surface area contributed by atoms with Crippen LogP contribution in [-0.2, 0) is 11.2 Å². The first-order chi connectivity index (χ1) is 14.1. The van der Waals surface area contributed by atoms with E-state index in [0.29, 0.717) is 29.9 Å². The maximum absolute atomic E-state index is 12.3. The minimum atomic E-state index is 0.151. The van der Waals surface area contributed by atoms with Crippen LogP contribution >= 0.6 is 0 Å². The molecule has 1 heterocycles. The fourth-order valence-corrected chi connectivity index (χ4v) is 3.89. The van der Waals surface area contributed by atoms with Gasteiger partial charge >= 0.3 is 0 Å². The van der Waals surface area contributed by atoms with Gasteiger partial charge in [0.2, 0.25) is 11.8 Å². The van der Waals surface area contributed by atoms with Gasteiger partial charge in [-0.05, 0) is 50.8 Å². The van der Waals surface area contributed by atoms with Crippen LogP contribution in [0.4, 0.5) is 0 Å². The molecule has 1 fully saturated rings. The minimum absolute atomic E-state index is 0.151. The third-order valence-electron chi connectivity index (χ3n) is 5.56. The lowest BCUT2D eigenvalue weighted by Gasteiger charge is -2.15. The quantitative estimate of drug-likeness (QED) is 0.643. The Hall–Kier alpha value is -2.50. The van der Waals surface area contributed by atoms with Crippen molar-refractivity contribution in [3.8, 4) is 23.0 Å². The standard InChI is InChI=1S/C23H32N2O4/c1-16-19(11-8-12-22(26)24-18-9-6-4-5-7-10-18)25-23(29-16)17-13-14-20(27-2)21(15-17)28-3/h13-15,18H,4-12H2,1-3H3,(H,24,26). The van der Waals surface area contributed by atoms with Gasteiger partial charge in [-0.15, -0.1) is 0 Å². The van der Waals surface area contributed by atoms with Gasteiger partial charge in [-0.3, -0.25) is 4.79 Å². The molecule has 0 aliphatic heterocycles. The SMILES string of the molecule is COc1ccc(-c2nc(CCCC(=O)NC3CCCCCC3)c(C)o2)cc1OC. The van der Waals surface area contributed by atoms with E-state index in [-0.39, 0.29) is 5.91 Å². The molecule has 0 bridgehead atoms. The van der Waals surface area contributed by atoms with Crippen molar-refractivity contribution in [2.24, 2.45) is 0 Å². The van der Waals surface area contributed by atoms with Gasteiger partial charge in [0.05, 0.1) is 19.9 Å². The summed E-state index contributed by atoms with van der Waals surface area (Å²) in [5.74, 6) is 2.80. The Morgan fingerprint density at radius 1 is 1.14 bits per heavy atom. The predicted octanol–water partition coefficient (Wildman–Crippen LogP) is 4.83. The van der Waals surface area contributed by atoms with E-state index in [0.717, 1.165) is 42.7 Å². The zero-order valence-electron chi connectivity index (χ0n) is 17.8. The van der Waals surface area contributed by atoms with E-state index in [1.54, 1.807) is 14.2 Å². The molecule has 1 aromatic carbocycles. The van der Waals surface area contributed by atoms with E-state index in [1.165, 1.54) is 25.7 Å². The molecular weight excluding hydrogens is 368 g/mol. The maximum atomic E-state index is 12.3. The number of hydrogen-bond acceptors (Lipinski definition) is 5. The van der Waals surface area contributed by atoms with E-state index in [4.69, 9.17) is 13.9 Å². The van der Waals surface area contributed by atoms with Crippen molar-refractivity contribution in [2.45, 2.75) is 70.8 Å². The summed E-state index contributed by atoms with van der Waals surface area (Å²) in [6, 6.07) is 5.95. The second-order valence-corrected chi connectivity index (χ2v) is 7.70. The van der Waals surface area contributed by atoms with Crippen molar-refractivity contribution in [1.82, 2.24) is 10.3 Å². The number of hydrogen-bond donors (Lipinski definition) is 1. The van der Waals surface area contributed by atoms with Crippen molar-refractivity contribution < 1.29 is 18.7 Å². The van der Waals surface area contributed by atoms with Crippen molar-refractivity contribution in [3.63, 3.8) is 0 Å². The summed E-state index contributed by atoms with van der Waals surface area (Å²) in [6.07, 6.45) is 9.27. The number of aromatic nitrogens is 1. The summed E-state index contributed by atoms with van der Waals surface area (Å²) in [4.78, 5) is 16.9. The minimum Gasteiger partial charge on any atom is -0.493 e. The lowest BCUT2D eigenvalue weighted by molar-refractivity contribution is -0.122. The number of carbonyl (C=O) groups excluding carboxylic acids is 1. The van der Waals surface area contributed by atoms with Gasteiger partial charge in [-0.2, -0.15) is 0 Å². The number of carbonyl (C=O) groups is 1. The van der Waals surface area contributed by atoms with Gasteiger partial charge in [0.15, 0.2) is 11.5 Å². The molecule has 1 N–H and O–H groups in total. The van der Waals surface area contributed by atoms with Gasteiger partial charge in [0.1, 0.15) is 5.76 Å². The van der Waals surface area contributed by atoms with Gasteiger partial charge in [-0.25, -0.2) is 4.98 Å². The van der Waals surface area contributed by atoms with E-state index in [9.17, 15) is 4.79 Å². The number of amides is 1. The van der Waals surface area contributed by atoms with Gasteiger partial charge in [0.25, 0.3) is 0 Å². The average Bonchev–Trinajstić information content (AvgIpc) is 2.91. The molecule has 1 amide bonds. The summed E-state index contributed by atoms with van der Waals surface area (Å²) >= 11 is 0. The van der Waals surface area contributed by atoms with E-state index >= 15 is 0 Å². The largest absolute Gasteiger partial charge is 0.493 e. The first-order valence-electron chi connectivity index (χ1n) is 10.6. The van der Waals surface area contributed by atoms with Crippen LogP contribution in [0.1, 0.15) is 62.8 Å². The average molecular weight is 401 g/mol. The number of aryl methyl sites for hydroxylation is 2. The molecule has 0 saturated heterocycles. The van der Waals surface area contributed by atoms with Gasteiger partial charge < -0.3 is 19.2 Å². The lowest BCUT2D eigenvalue weighted by Crippen LogP contribution is -2.34. The highest BCUT2D eigenvalue weighted by atomic mass is 16.5. The molecule has 0 atom stereocenters. The molecule has 29 heavy (non-hydrogen) atoms. The van der Waals surface area contributed by atoms with Crippen molar-refractivity contribution in [3.05, 3.63) is 29.7 Å². The fourth-order valence-electron chi connectivity index (χ4n) is 3.89. The molecule has 3 rings (SSSR count).